The zero-order chi connectivity index (χ0) is 12.7. The highest BCUT2D eigenvalue weighted by Crippen LogP contribution is 2.42. The van der Waals surface area contributed by atoms with Gasteiger partial charge in [0.15, 0.2) is 0 Å². The summed E-state index contributed by atoms with van der Waals surface area (Å²) in [6.45, 7) is 0.754. The molecule has 1 aliphatic rings. The monoisotopic (exact) mass is 302 g/mol. The first-order chi connectivity index (χ1) is 8.10. The summed E-state index contributed by atoms with van der Waals surface area (Å²) in [4.78, 5) is 10.0. The van der Waals surface area contributed by atoms with Gasteiger partial charge in [0.2, 0.25) is 0 Å². The van der Waals surface area contributed by atoms with Gasteiger partial charge in [0.1, 0.15) is 0 Å². The van der Waals surface area contributed by atoms with Crippen molar-refractivity contribution in [1.82, 2.24) is 9.76 Å². The summed E-state index contributed by atoms with van der Waals surface area (Å²) in [5.41, 5.74) is 0. The van der Waals surface area contributed by atoms with E-state index < -0.39 is 7.67 Å². The van der Waals surface area contributed by atoms with Crippen molar-refractivity contribution in [3.05, 3.63) is 0 Å². The van der Waals surface area contributed by atoms with Crippen molar-refractivity contribution in [2.24, 2.45) is 0 Å². The predicted octanol–water partition coefficient (Wildman–Crippen LogP) is 2.79. The molecule has 0 amide bonds. The van der Waals surface area contributed by atoms with Crippen molar-refractivity contribution in [2.75, 3.05) is 24.8 Å². The summed E-state index contributed by atoms with van der Waals surface area (Å²) in [7, 11) is -3.49. The van der Waals surface area contributed by atoms with Crippen LogP contribution in [-0.4, -0.2) is 40.5 Å². The highest BCUT2D eigenvalue weighted by molar-refractivity contribution is 7.53. The van der Waals surface area contributed by atoms with Gasteiger partial charge in [-0.15, -0.1) is 23.2 Å². The van der Waals surface area contributed by atoms with Crippen molar-refractivity contribution < 1.29 is 9.46 Å². The van der Waals surface area contributed by atoms with E-state index in [9.17, 15) is 9.46 Å². The van der Waals surface area contributed by atoms with Gasteiger partial charge in [-0.3, -0.25) is 4.57 Å². The van der Waals surface area contributed by atoms with Crippen LogP contribution in [0.2, 0.25) is 0 Å². The molecule has 0 aliphatic heterocycles. The highest BCUT2D eigenvalue weighted by atomic mass is 35.5. The molecule has 0 saturated heterocycles. The Morgan fingerprint density at radius 3 is 2.18 bits per heavy atom. The van der Waals surface area contributed by atoms with Gasteiger partial charge in [-0.2, -0.15) is 0 Å². The van der Waals surface area contributed by atoms with Gasteiger partial charge in [0, 0.05) is 30.9 Å². The Morgan fingerprint density at radius 1 is 1.18 bits per heavy atom. The van der Waals surface area contributed by atoms with Crippen LogP contribution in [0.4, 0.5) is 0 Å². The molecule has 2 N–H and O–H groups in total. The Bertz CT molecular complexity index is 257. The third kappa shape index (κ3) is 5.46. The van der Waals surface area contributed by atoms with Crippen LogP contribution in [0.15, 0.2) is 0 Å². The summed E-state index contributed by atoms with van der Waals surface area (Å²) >= 11 is 11.3. The van der Waals surface area contributed by atoms with Crippen LogP contribution < -0.4 is 5.09 Å². The van der Waals surface area contributed by atoms with Gasteiger partial charge in [-0.1, -0.05) is 19.3 Å². The van der Waals surface area contributed by atoms with Crippen LogP contribution >= 0.6 is 30.9 Å². The first-order valence-corrected chi connectivity index (χ1v) is 8.76. The molecule has 17 heavy (non-hydrogen) atoms. The summed E-state index contributed by atoms with van der Waals surface area (Å²) in [6, 6.07) is 0.146. The zero-order valence-electron chi connectivity index (χ0n) is 9.95. The van der Waals surface area contributed by atoms with E-state index in [0.29, 0.717) is 24.8 Å². The van der Waals surface area contributed by atoms with Crippen LogP contribution in [0, 0.1) is 0 Å². The first-order valence-electron chi connectivity index (χ1n) is 6.08. The van der Waals surface area contributed by atoms with Gasteiger partial charge in [-0.25, -0.2) is 9.76 Å². The van der Waals surface area contributed by atoms with Crippen molar-refractivity contribution >= 4 is 30.9 Å². The maximum atomic E-state index is 12.2. The number of rotatable bonds is 7. The second kappa shape index (κ2) is 7.98. The average Bonchev–Trinajstić information content (AvgIpc) is 2.29. The van der Waals surface area contributed by atoms with Gasteiger partial charge in [0.05, 0.1) is 0 Å². The first kappa shape index (κ1) is 15.7. The number of halogens is 2. The lowest BCUT2D eigenvalue weighted by molar-refractivity contribution is 0.326. The molecule has 0 aromatic heterocycles. The molecule has 4 nitrogen and oxygen atoms in total. The molecule has 1 atom stereocenters. The van der Waals surface area contributed by atoms with Gasteiger partial charge in [0.25, 0.3) is 0 Å². The van der Waals surface area contributed by atoms with E-state index in [2.05, 4.69) is 5.09 Å². The van der Waals surface area contributed by atoms with Gasteiger partial charge >= 0.3 is 7.67 Å². The van der Waals surface area contributed by atoms with Crippen molar-refractivity contribution in [3.8, 4) is 0 Å². The zero-order valence-corrected chi connectivity index (χ0v) is 12.4. The molecule has 0 spiro atoms. The van der Waals surface area contributed by atoms with Crippen LogP contribution in [-0.2, 0) is 4.57 Å². The molecular weight excluding hydrogens is 282 g/mol. The SMILES string of the molecule is O=P(O)(NC1CCCCC1)N(CCCl)CCCl. The van der Waals surface area contributed by atoms with E-state index in [4.69, 9.17) is 23.2 Å². The topological polar surface area (TPSA) is 52.6 Å². The van der Waals surface area contributed by atoms with E-state index in [1.54, 1.807) is 0 Å². The van der Waals surface area contributed by atoms with E-state index >= 15 is 0 Å². The van der Waals surface area contributed by atoms with Gasteiger partial charge < -0.3 is 4.89 Å². The van der Waals surface area contributed by atoms with Crippen LogP contribution in [0.3, 0.4) is 0 Å². The molecule has 0 heterocycles. The Kier molecular flexibility index (Phi) is 7.39. The Morgan fingerprint density at radius 2 is 1.71 bits per heavy atom. The maximum Gasteiger partial charge on any atom is 0.341 e. The van der Waals surface area contributed by atoms with E-state index in [0.717, 1.165) is 25.7 Å². The van der Waals surface area contributed by atoms with Crippen molar-refractivity contribution in [1.29, 1.82) is 0 Å². The van der Waals surface area contributed by atoms with Crippen LogP contribution in [0.1, 0.15) is 32.1 Å². The fourth-order valence-electron chi connectivity index (χ4n) is 2.13. The van der Waals surface area contributed by atoms with E-state index in [-0.39, 0.29) is 6.04 Å². The second-order valence-electron chi connectivity index (χ2n) is 4.34. The molecule has 1 fully saturated rings. The number of nitrogens with zero attached hydrogens (tertiary/aromatic N) is 1. The molecule has 0 bridgehead atoms. The lowest BCUT2D eigenvalue weighted by Crippen LogP contribution is -2.37. The van der Waals surface area contributed by atoms with Crippen LogP contribution in [0.25, 0.3) is 0 Å². The lowest BCUT2D eigenvalue weighted by atomic mass is 9.96. The Hall–Kier alpha value is 0.690. The predicted molar refractivity (Wildman–Crippen MR) is 72.8 cm³/mol. The third-order valence-electron chi connectivity index (χ3n) is 3.02. The van der Waals surface area contributed by atoms with E-state index in [1.165, 1.54) is 11.1 Å². The lowest BCUT2D eigenvalue weighted by Gasteiger charge is -2.31. The number of hydrogen-bond donors (Lipinski definition) is 2. The molecule has 1 unspecified atom stereocenters. The van der Waals surface area contributed by atoms with Crippen molar-refractivity contribution in [3.63, 3.8) is 0 Å². The summed E-state index contributed by atoms with van der Waals surface area (Å²) in [5.74, 6) is 0.654. The van der Waals surface area contributed by atoms with Gasteiger partial charge in [-0.05, 0) is 12.8 Å². The normalized spacial score (nSPS) is 21.6. The minimum absolute atomic E-state index is 0.146. The van der Waals surface area contributed by atoms with Crippen molar-refractivity contribution in [2.45, 2.75) is 38.1 Å². The largest absolute Gasteiger partial charge is 0.341 e. The standard InChI is InChI=1S/C10H21Cl2N2O2P/c11-6-8-14(9-7-12)17(15,16)13-10-4-2-1-3-5-10/h10H,1-9H2,(H2,13,15,16). The molecule has 1 rings (SSSR count). The molecule has 7 heteroatoms. The second-order valence-corrected chi connectivity index (χ2v) is 7.01. The summed E-state index contributed by atoms with van der Waals surface area (Å²) in [5, 5.41) is 2.88. The third-order valence-corrected chi connectivity index (χ3v) is 5.23. The number of alkyl halides is 2. The molecule has 102 valence electrons. The molecule has 1 saturated carbocycles. The molecule has 0 aromatic carbocycles. The average molecular weight is 303 g/mol. The number of nitrogens with one attached hydrogen (secondary N) is 1. The fraction of sp³-hybridized carbons (Fsp3) is 1.00. The van der Waals surface area contributed by atoms with Crippen LogP contribution in [0.5, 0.6) is 0 Å². The Balaban J connectivity index is 2.53. The number of hydrogen-bond acceptors (Lipinski definition) is 1. The highest BCUT2D eigenvalue weighted by Gasteiger charge is 2.30. The molecular formula is C10H21Cl2N2O2P. The minimum atomic E-state index is -3.49. The maximum absolute atomic E-state index is 12.2. The molecule has 1 aliphatic carbocycles. The molecule has 0 aromatic rings. The van der Waals surface area contributed by atoms with E-state index in [1.807, 2.05) is 0 Å². The summed E-state index contributed by atoms with van der Waals surface area (Å²) < 4.78 is 13.7. The quantitative estimate of drug-likeness (QED) is 0.561. The minimum Gasteiger partial charge on any atom is -0.322 e. The molecule has 0 radical (unpaired) electrons. The fourth-order valence-corrected chi connectivity index (χ4v) is 4.41. The Labute approximate surface area is 113 Å². The summed E-state index contributed by atoms with van der Waals surface area (Å²) in [6.07, 6.45) is 5.42. The smallest absolute Gasteiger partial charge is 0.322 e.